The van der Waals surface area contributed by atoms with Gasteiger partial charge in [-0.2, -0.15) is 0 Å². The fourth-order valence-electron chi connectivity index (χ4n) is 7.78. The SMILES string of the molecule is CCCCCCCCCCCCCC(=O)OC[C@H](COC(=O)CCCCCCCCCCCCCCCCC(C)CC)OC(=O)CCCCCCCCCCC(C)C. The minimum Gasteiger partial charge on any atom is -0.462 e. The van der Waals surface area contributed by atoms with Crippen LogP contribution in [0.5, 0.6) is 0 Å². The van der Waals surface area contributed by atoms with Crippen LogP contribution in [0.2, 0.25) is 0 Å². The molecule has 344 valence electrons. The Labute approximate surface area is 361 Å². The lowest BCUT2D eigenvalue weighted by Crippen LogP contribution is -2.30. The van der Waals surface area contributed by atoms with Gasteiger partial charge in [0.2, 0.25) is 0 Å². The Morgan fingerprint density at radius 1 is 0.362 bits per heavy atom. The van der Waals surface area contributed by atoms with E-state index in [1.54, 1.807) is 0 Å². The van der Waals surface area contributed by atoms with Gasteiger partial charge in [-0.3, -0.25) is 14.4 Å². The molecule has 0 aliphatic heterocycles. The molecule has 0 saturated carbocycles. The molecule has 6 heteroatoms. The molecule has 0 aromatic rings. The number of carbonyl (C=O) groups excluding carboxylic acids is 3. The second-order valence-corrected chi connectivity index (χ2v) is 18.5. The van der Waals surface area contributed by atoms with Crippen molar-refractivity contribution in [1.29, 1.82) is 0 Å². The third kappa shape index (κ3) is 44.0. The van der Waals surface area contributed by atoms with Gasteiger partial charge < -0.3 is 14.2 Å². The maximum Gasteiger partial charge on any atom is 0.306 e. The van der Waals surface area contributed by atoms with Gasteiger partial charge in [-0.25, -0.2) is 0 Å². The molecule has 0 N–H and O–H groups in total. The first kappa shape index (κ1) is 56.4. The molecule has 0 aromatic heterocycles. The van der Waals surface area contributed by atoms with Crippen LogP contribution >= 0.6 is 0 Å². The van der Waals surface area contributed by atoms with Gasteiger partial charge in [0.25, 0.3) is 0 Å². The number of hydrogen-bond acceptors (Lipinski definition) is 6. The minimum absolute atomic E-state index is 0.0641. The maximum atomic E-state index is 12.7. The van der Waals surface area contributed by atoms with E-state index < -0.39 is 6.10 Å². The number of hydrogen-bond donors (Lipinski definition) is 0. The van der Waals surface area contributed by atoms with Crippen LogP contribution in [0.3, 0.4) is 0 Å². The van der Waals surface area contributed by atoms with Crippen molar-refractivity contribution in [2.75, 3.05) is 13.2 Å². The van der Waals surface area contributed by atoms with Crippen molar-refractivity contribution in [2.45, 2.75) is 291 Å². The molecule has 0 aliphatic rings. The molecule has 6 nitrogen and oxygen atoms in total. The number of ether oxygens (including phenoxy) is 3. The summed E-state index contributed by atoms with van der Waals surface area (Å²) in [6, 6.07) is 0. The van der Waals surface area contributed by atoms with Crippen molar-refractivity contribution >= 4 is 17.9 Å². The van der Waals surface area contributed by atoms with Gasteiger partial charge in [0.1, 0.15) is 13.2 Å². The van der Waals surface area contributed by atoms with E-state index in [0.717, 1.165) is 69.6 Å². The summed E-state index contributed by atoms with van der Waals surface area (Å²) in [5, 5.41) is 0. The van der Waals surface area contributed by atoms with Crippen LogP contribution in [0.4, 0.5) is 0 Å². The Bertz CT molecular complexity index is 887. The highest BCUT2D eigenvalue weighted by Gasteiger charge is 2.19. The number of unbranched alkanes of at least 4 members (excludes halogenated alkanes) is 30. The Morgan fingerprint density at radius 2 is 0.655 bits per heavy atom. The predicted octanol–water partition coefficient (Wildman–Crippen LogP) is 16.5. The molecule has 58 heavy (non-hydrogen) atoms. The zero-order chi connectivity index (χ0) is 42.6. The van der Waals surface area contributed by atoms with E-state index in [-0.39, 0.29) is 31.1 Å². The molecule has 0 aliphatic carbocycles. The molecule has 0 fully saturated rings. The summed E-state index contributed by atoms with van der Waals surface area (Å²) in [6.07, 6.45) is 45.1. The summed E-state index contributed by atoms with van der Waals surface area (Å²) in [4.78, 5) is 37.9. The van der Waals surface area contributed by atoms with E-state index in [9.17, 15) is 14.4 Å². The third-order valence-electron chi connectivity index (χ3n) is 12.1. The van der Waals surface area contributed by atoms with Gasteiger partial charge in [0.05, 0.1) is 0 Å². The van der Waals surface area contributed by atoms with Crippen molar-refractivity contribution in [3.63, 3.8) is 0 Å². The van der Waals surface area contributed by atoms with Gasteiger partial charge in [0, 0.05) is 19.3 Å². The second kappa shape index (κ2) is 44.9. The molecular weight excluding hydrogens is 721 g/mol. The summed E-state index contributed by atoms with van der Waals surface area (Å²) in [6.45, 7) is 11.4. The van der Waals surface area contributed by atoms with E-state index in [4.69, 9.17) is 14.2 Å². The van der Waals surface area contributed by atoms with Gasteiger partial charge in [-0.1, -0.05) is 247 Å². The molecule has 0 amide bonds. The topological polar surface area (TPSA) is 78.9 Å². The highest BCUT2D eigenvalue weighted by Crippen LogP contribution is 2.18. The van der Waals surface area contributed by atoms with E-state index in [2.05, 4.69) is 34.6 Å². The molecule has 0 rings (SSSR count). The zero-order valence-corrected chi connectivity index (χ0v) is 39.7. The molecular formula is C52H100O6. The van der Waals surface area contributed by atoms with Crippen LogP contribution in [0, 0.1) is 11.8 Å². The van der Waals surface area contributed by atoms with E-state index in [0.29, 0.717) is 19.3 Å². The lowest BCUT2D eigenvalue weighted by molar-refractivity contribution is -0.167. The minimum atomic E-state index is -0.761. The number of rotatable bonds is 46. The van der Waals surface area contributed by atoms with Gasteiger partial charge in [0.15, 0.2) is 6.10 Å². The highest BCUT2D eigenvalue weighted by atomic mass is 16.6. The largest absolute Gasteiger partial charge is 0.462 e. The fourth-order valence-corrected chi connectivity index (χ4v) is 7.78. The maximum absolute atomic E-state index is 12.7. The van der Waals surface area contributed by atoms with Crippen LogP contribution in [0.1, 0.15) is 285 Å². The lowest BCUT2D eigenvalue weighted by Gasteiger charge is -2.18. The molecule has 0 bridgehead atoms. The van der Waals surface area contributed by atoms with Crippen molar-refractivity contribution in [3.8, 4) is 0 Å². The summed E-state index contributed by atoms with van der Waals surface area (Å²) in [5.41, 5.74) is 0. The molecule has 0 radical (unpaired) electrons. The molecule has 0 saturated heterocycles. The zero-order valence-electron chi connectivity index (χ0n) is 39.7. The van der Waals surface area contributed by atoms with Crippen molar-refractivity contribution in [1.82, 2.24) is 0 Å². The molecule has 0 aromatic carbocycles. The average Bonchev–Trinajstić information content (AvgIpc) is 3.21. The molecule has 0 heterocycles. The van der Waals surface area contributed by atoms with Crippen molar-refractivity contribution in [3.05, 3.63) is 0 Å². The van der Waals surface area contributed by atoms with Crippen molar-refractivity contribution in [2.24, 2.45) is 11.8 Å². The third-order valence-corrected chi connectivity index (χ3v) is 12.1. The van der Waals surface area contributed by atoms with Crippen LogP contribution in [-0.2, 0) is 28.6 Å². The monoisotopic (exact) mass is 821 g/mol. The predicted molar refractivity (Wildman–Crippen MR) is 247 cm³/mol. The van der Waals surface area contributed by atoms with E-state index in [1.807, 2.05) is 0 Å². The fraction of sp³-hybridized carbons (Fsp3) is 0.942. The quantitative estimate of drug-likeness (QED) is 0.0346. The van der Waals surface area contributed by atoms with Crippen molar-refractivity contribution < 1.29 is 28.6 Å². The van der Waals surface area contributed by atoms with Gasteiger partial charge >= 0.3 is 17.9 Å². The second-order valence-electron chi connectivity index (χ2n) is 18.5. The Kier molecular flexibility index (Phi) is 43.7. The Hall–Kier alpha value is -1.59. The smallest absolute Gasteiger partial charge is 0.306 e. The molecule has 1 unspecified atom stereocenters. The summed E-state index contributed by atoms with van der Waals surface area (Å²) < 4.78 is 16.8. The lowest BCUT2D eigenvalue weighted by atomic mass is 9.99. The van der Waals surface area contributed by atoms with Crippen LogP contribution in [0.15, 0.2) is 0 Å². The Balaban J connectivity index is 4.26. The van der Waals surface area contributed by atoms with Gasteiger partial charge in [-0.05, 0) is 31.1 Å². The summed E-state index contributed by atoms with van der Waals surface area (Å²) in [5.74, 6) is 0.838. The van der Waals surface area contributed by atoms with Crippen LogP contribution < -0.4 is 0 Å². The normalized spacial score (nSPS) is 12.5. The molecule has 0 spiro atoms. The van der Waals surface area contributed by atoms with E-state index >= 15 is 0 Å². The van der Waals surface area contributed by atoms with E-state index in [1.165, 1.54) is 173 Å². The summed E-state index contributed by atoms with van der Waals surface area (Å²) in [7, 11) is 0. The standard InChI is InChI=1S/C52H100O6/c1-6-8-9-10-11-12-17-21-27-32-37-42-50(53)56-45-49(58-52(55)44-39-34-29-24-23-25-30-35-40-47(3)4)46-57-51(54)43-38-33-28-22-19-16-14-13-15-18-20-26-31-36-41-48(5)7-2/h47-49H,6-46H2,1-5H3/t48?,49-/m1/s1. The first-order chi connectivity index (χ1) is 28.3. The summed E-state index contributed by atoms with van der Waals surface area (Å²) >= 11 is 0. The average molecular weight is 821 g/mol. The van der Waals surface area contributed by atoms with Gasteiger partial charge in [-0.15, -0.1) is 0 Å². The Morgan fingerprint density at radius 3 is 0.983 bits per heavy atom. The number of esters is 3. The van der Waals surface area contributed by atoms with Crippen LogP contribution in [0.25, 0.3) is 0 Å². The number of carbonyl (C=O) groups is 3. The first-order valence-electron chi connectivity index (χ1n) is 25.8. The first-order valence-corrected chi connectivity index (χ1v) is 25.8. The molecule has 2 atom stereocenters. The highest BCUT2D eigenvalue weighted by molar-refractivity contribution is 5.71. The van der Waals surface area contributed by atoms with Crippen LogP contribution in [-0.4, -0.2) is 37.2 Å².